The van der Waals surface area contributed by atoms with Gasteiger partial charge in [0, 0.05) is 25.9 Å². The zero-order valence-corrected chi connectivity index (χ0v) is 15.3. The Morgan fingerprint density at radius 2 is 1.69 bits per heavy atom. The van der Waals surface area contributed by atoms with Gasteiger partial charge < -0.3 is 10.1 Å². The molecule has 0 bridgehead atoms. The third-order valence-electron chi connectivity index (χ3n) is 4.97. The molecule has 4 rings (SSSR count). The molecule has 1 fully saturated rings. The molecule has 1 spiro atoms. The van der Waals surface area contributed by atoms with Crippen molar-refractivity contribution < 1.29 is 17.9 Å². The molecule has 0 aliphatic carbocycles. The van der Waals surface area contributed by atoms with Crippen LogP contribution in [0.15, 0.2) is 53.4 Å². The maximum Gasteiger partial charge on any atom is 0.258 e. The van der Waals surface area contributed by atoms with Crippen LogP contribution in [0.2, 0.25) is 0 Å². The Hall–Kier alpha value is -2.38. The Morgan fingerprint density at radius 3 is 2.38 bits per heavy atom. The number of nitrogens with zero attached hydrogens (tertiary/aromatic N) is 1. The van der Waals surface area contributed by atoms with Gasteiger partial charge in [-0.05, 0) is 31.2 Å². The fraction of sp³-hybridized carbons (Fsp3) is 0.316. The van der Waals surface area contributed by atoms with E-state index in [4.69, 9.17) is 4.74 Å². The highest BCUT2D eigenvalue weighted by Gasteiger charge is 2.44. The van der Waals surface area contributed by atoms with Gasteiger partial charge in [-0.25, -0.2) is 8.42 Å². The van der Waals surface area contributed by atoms with E-state index in [0.717, 1.165) is 5.56 Å². The number of hydrogen-bond donors (Lipinski definition) is 1. The Bertz CT molecular complexity index is 946. The summed E-state index contributed by atoms with van der Waals surface area (Å²) in [7, 11) is -3.54. The van der Waals surface area contributed by atoms with E-state index < -0.39 is 15.7 Å². The molecule has 2 aromatic rings. The molecular weight excluding hydrogens is 352 g/mol. The fourth-order valence-electron chi connectivity index (χ4n) is 3.43. The predicted molar refractivity (Wildman–Crippen MR) is 96.4 cm³/mol. The van der Waals surface area contributed by atoms with E-state index in [0.29, 0.717) is 37.2 Å². The molecule has 136 valence electrons. The monoisotopic (exact) mass is 372 g/mol. The van der Waals surface area contributed by atoms with Crippen LogP contribution in [-0.2, 0) is 10.0 Å². The maximum atomic E-state index is 12.8. The zero-order valence-electron chi connectivity index (χ0n) is 14.4. The molecule has 0 unspecified atom stereocenters. The van der Waals surface area contributed by atoms with E-state index in [1.54, 1.807) is 42.5 Å². The topological polar surface area (TPSA) is 75.7 Å². The number of ether oxygens (including phenoxy) is 1. The molecule has 0 saturated carbocycles. The quantitative estimate of drug-likeness (QED) is 0.878. The van der Waals surface area contributed by atoms with Gasteiger partial charge in [0.15, 0.2) is 5.72 Å². The van der Waals surface area contributed by atoms with Gasteiger partial charge in [-0.15, -0.1) is 0 Å². The first-order chi connectivity index (χ1) is 12.4. The lowest BCUT2D eigenvalue weighted by atomic mass is 9.98. The molecule has 0 atom stereocenters. The highest BCUT2D eigenvalue weighted by atomic mass is 32.2. The van der Waals surface area contributed by atoms with Crippen LogP contribution >= 0.6 is 0 Å². The number of amides is 1. The second-order valence-electron chi connectivity index (χ2n) is 6.76. The number of sulfonamides is 1. The molecule has 2 aliphatic rings. The highest BCUT2D eigenvalue weighted by molar-refractivity contribution is 7.89. The first-order valence-electron chi connectivity index (χ1n) is 8.57. The second kappa shape index (κ2) is 6.10. The first-order valence-corrected chi connectivity index (χ1v) is 10.0. The molecular formula is C19H20N2O4S. The summed E-state index contributed by atoms with van der Waals surface area (Å²) in [6.45, 7) is 2.50. The van der Waals surface area contributed by atoms with Crippen molar-refractivity contribution in [3.8, 4) is 5.75 Å². The average molecular weight is 372 g/mol. The van der Waals surface area contributed by atoms with Crippen molar-refractivity contribution in [2.24, 2.45) is 0 Å². The van der Waals surface area contributed by atoms with E-state index in [1.807, 2.05) is 13.0 Å². The molecule has 2 aromatic carbocycles. The van der Waals surface area contributed by atoms with Crippen LogP contribution in [0.5, 0.6) is 5.75 Å². The molecule has 7 heteroatoms. The minimum Gasteiger partial charge on any atom is -0.467 e. The van der Waals surface area contributed by atoms with Crippen molar-refractivity contribution in [3.63, 3.8) is 0 Å². The lowest BCUT2D eigenvalue weighted by Gasteiger charge is -2.44. The first kappa shape index (κ1) is 17.1. The third kappa shape index (κ3) is 2.87. The van der Waals surface area contributed by atoms with Crippen molar-refractivity contribution >= 4 is 15.9 Å². The number of fused-ring (bicyclic) bond motifs is 1. The number of nitrogens with one attached hydrogen (secondary N) is 1. The molecule has 0 radical (unpaired) electrons. The Kier molecular flexibility index (Phi) is 4.00. The summed E-state index contributed by atoms with van der Waals surface area (Å²) in [4.78, 5) is 12.7. The smallest absolute Gasteiger partial charge is 0.258 e. The Morgan fingerprint density at radius 1 is 1.04 bits per heavy atom. The van der Waals surface area contributed by atoms with Crippen molar-refractivity contribution in [3.05, 3.63) is 59.7 Å². The molecule has 6 nitrogen and oxygen atoms in total. The molecule has 2 heterocycles. The SMILES string of the molecule is Cc1ccc(S(=O)(=O)N2CCC3(CC2)NC(=O)c2ccccc2O3)cc1. The van der Waals surface area contributed by atoms with Gasteiger partial charge in [-0.2, -0.15) is 4.31 Å². The van der Waals surface area contributed by atoms with Crippen LogP contribution in [0.3, 0.4) is 0 Å². The van der Waals surface area contributed by atoms with E-state index >= 15 is 0 Å². The summed E-state index contributed by atoms with van der Waals surface area (Å²) in [5.74, 6) is 0.368. The molecule has 1 amide bonds. The standard InChI is InChI=1S/C19H20N2O4S/c1-14-6-8-15(9-7-14)26(23,24)21-12-10-19(11-13-21)20-18(22)16-4-2-3-5-17(16)25-19/h2-9H,10-13H2,1H3,(H,20,22). The summed E-state index contributed by atoms with van der Waals surface area (Å²) >= 11 is 0. The van der Waals surface area contributed by atoms with Crippen molar-refractivity contribution in [1.82, 2.24) is 9.62 Å². The summed E-state index contributed by atoms with van der Waals surface area (Å²) in [6.07, 6.45) is 0.802. The zero-order chi connectivity index (χ0) is 18.4. The molecule has 0 aromatic heterocycles. The van der Waals surface area contributed by atoms with Crippen LogP contribution < -0.4 is 10.1 Å². The van der Waals surface area contributed by atoms with Crippen molar-refractivity contribution in [2.75, 3.05) is 13.1 Å². The number of carbonyl (C=O) groups excluding carboxylic acids is 1. The summed E-state index contributed by atoms with van der Waals surface area (Å²) < 4.78 is 33.2. The Balaban J connectivity index is 1.53. The van der Waals surface area contributed by atoms with Gasteiger partial charge in [0.25, 0.3) is 5.91 Å². The molecule has 2 aliphatic heterocycles. The van der Waals surface area contributed by atoms with Gasteiger partial charge in [-0.3, -0.25) is 4.79 Å². The van der Waals surface area contributed by atoms with Gasteiger partial charge in [0.1, 0.15) is 5.75 Å². The van der Waals surface area contributed by atoms with Crippen LogP contribution in [0, 0.1) is 6.92 Å². The minimum atomic E-state index is -3.54. The number of piperidine rings is 1. The summed E-state index contributed by atoms with van der Waals surface area (Å²) in [5.41, 5.74) is 0.677. The fourth-order valence-corrected chi connectivity index (χ4v) is 4.87. The highest BCUT2D eigenvalue weighted by Crippen LogP contribution is 2.34. The summed E-state index contributed by atoms with van der Waals surface area (Å²) in [6, 6.07) is 13.9. The van der Waals surface area contributed by atoms with Crippen molar-refractivity contribution in [2.45, 2.75) is 30.4 Å². The maximum absolute atomic E-state index is 12.8. The van der Waals surface area contributed by atoms with Crippen LogP contribution in [0.4, 0.5) is 0 Å². The van der Waals surface area contributed by atoms with Gasteiger partial charge in [0.05, 0.1) is 10.5 Å². The van der Waals surface area contributed by atoms with E-state index in [9.17, 15) is 13.2 Å². The number of para-hydroxylation sites is 1. The molecule has 26 heavy (non-hydrogen) atoms. The molecule has 1 saturated heterocycles. The molecule has 1 N–H and O–H groups in total. The number of aryl methyl sites for hydroxylation is 1. The van der Waals surface area contributed by atoms with Gasteiger partial charge in [-0.1, -0.05) is 29.8 Å². The van der Waals surface area contributed by atoms with Crippen molar-refractivity contribution in [1.29, 1.82) is 0 Å². The normalized spacial score (nSPS) is 19.5. The predicted octanol–water partition coefficient (Wildman–Crippen LogP) is 2.30. The van der Waals surface area contributed by atoms with E-state index in [2.05, 4.69) is 5.32 Å². The lowest BCUT2D eigenvalue weighted by molar-refractivity contribution is -0.0155. The van der Waals surface area contributed by atoms with Gasteiger partial charge in [0.2, 0.25) is 10.0 Å². The minimum absolute atomic E-state index is 0.179. The van der Waals surface area contributed by atoms with E-state index in [-0.39, 0.29) is 10.8 Å². The largest absolute Gasteiger partial charge is 0.467 e. The lowest BCUT2D eigenvalue weighted by Crippen LogP contribution is -2.61. The van der Waals surface area contributed by atoms with Crippen LogP contribution in [-0.4, -0.2) is 37.4 Å². The van der Waals surface area contributed by atoms with Crippen LogP contribution in [0.1, 0.15) is 28.8 Å². The average Bonchev–Trinajstić information content (AvgIpc) is 2.62. The van der Waals surface area contributed by atoms with Crippen LogP contribution in [0.25, 0.3) is 0 Å². The summed E-state index contributed by atoms with van der Waals surface area (Å²) in [5, 5.41) is 2.92. The number of hydrogen-bond acceptors (Lipinski definition) is 4. The second-order valence-corrected chi connectivity index (χ2v) is 8.70. The Labute approximate surface area is 152 Å². The van der Waals surface area contributed by atoms with Gasteiger partial charge >= 0.3 is 0 Å². The number of benzene rings is 2. The number of carbonyl (C=O) groups is 1. The van der Waals surface area contributed by atoms with E-state index in [1.165, 1.54) is 4.31 Å². The number of rotatable bonds is 2. The third-order valence-corrected chi connectivity index (χ3v) is 6.88.